The molecule has 33 heavy (non-hydrogen) atoms. The van der Waals surface area contributed by atoms with Crippen molar-refractivity contribution in [2.75, 3.05) is 47.5 Å². The summed E-state index contributed by atoms with van der Waals surface area (Å²) in [5.41, 5.74) is 0.844. The van der Waals surface area contributed by atoms with Gasteiger partial charge in [0.2, 0.25) is 5.75 Å². The summed E-state index contributed by atoms with van der Waals surface area (Å²) in [6.45, 7) is 3.09. The highest BCUT2D eigenvalue weighted by atomic mass is 16.5. The summed E-state index contributed by atoms with van der Waals surface area (Å²) in [4.78, 5) is 40.8. The summed E-state index contributed by atoms with van der Waals surface area (Å²) in [7, 11) is 4.50. The van der Waals surface area contributed by atoms with Crippen molar-refractivity contribution in [1.29, 1.82) is 0 Å². The normalized spacial score (nSPS) is 13.7. The van der Waals surface area contributed by atoms with Crippen molar-refractivity contribution in [3.8, 4) is 23.0 Å². The molecule has 0 unspecified atom stereocenters. The van der Waals surface area contributed by atoms with Gasteiger partial charge in [0.25, 0.3) is 11.8 Å². The van der Waals surface area contributed by atoms with Crippen molar-refractivity contribution in [2.24, 2.45) is 0 Å². The lowest BCUT2D eigenvalue weighted by Gasteiger charge is -2.23. The van der Waals surface area contributed by atoms with E-state index in [0.717, 1.165) is 0 Å². The van der Waals surface area contributed by atoms with E-state index in [4.69, 9.17) is 18.9 Å². The van der Waals surface area contributed by atoms with Gasteiger partial charge in [-0.25, -0.2) is 0 Å². The van der Waals surface area contributed by atoms with E-state index in [1.807, 2.05) is 0 Å². The zero-order valence-electron chi connectivity index (χ0n) is 19.3. The van der Waals surface area contributed by atoms with Crippen LogP contribution in [-0.2, 0) is 4.79 Å². The molecule has 2 aromatic carbocycles. The van der Waals surface area contributed by atoms with Gasteiger partial charge in [0.1, 0.15) is 5.75 Å². The molecule has 9 nitrogen and oxygen atoms in total. The van der Waals surface area contributed by atoms with Crippen molar-refractivity contribution in [3.05, 3.63) is 47.5 Å². The second kappa shape index (κ2) is 10.7. The van der Waals surface area contributed by atoms with Gasteiger partial charge < -0.3 is 28.7 Å². The van der Waals surface area contributed by atoms with Crippen LogP contribution in [0.3, 0.4) is 0 Å². The highest BCUT2D eigenvalue weighted by Crippen LogP contribution is 2.38. The van der Waals surface area contributed by atoms with Gasteiger partial charge in [0.05, 0.1) is 21.3 Å². The third kappa shape index (κ3) is 5.54. The van der Waals surface area contributed by atoms with Gasteiger partial charge >= 0.3 is 5.97 Å². The molecule has 0 N–H and O–H groups in total. The van der Waals surface area contributed by atoms with Crippen LogP contribution < -0.4 is 18.9 Å². The highest BCUT2D eigenvalue weighted by Gasteiger charge is 2.25. The predicted molar refractivity (Wildman–Crippen MR) is 120 cm³/mol. The summed E-state index contributed by atoms with van der Waals surface area (Å²) >= 11 is 0. The third-order valence-electron chi connectivity index (χ3n) is 5.32. The molecular weight excluding hydrogens is 428 g/mol. The van der Waals surface area contributed by atoms with Gasteiger partial charge in [-0.05, 0) is 36.8 Å². The summed E-state index contributed by atoms with van der Waals surface area (Å²) in [5, 5.41) is 0. The number of carbonyl (C=O) groups is 3. The second-order valence-corrected chi connectivity index (χ2v) is 7.47. The molecule has 2 aromatic rings. The van der Waals surface area contributed by atoms with Gasteiger partial charge in [-0.3, -0.25) is 14.4 Å². The van der Waals surface area contributed by atoms with Crippen LogP contribution in [-0.4, -0.2) is 75.1 Å². The van der Waals surface area contributed by atoms with Crippen LogP contribution in [0.2, 0.25) is 0 Å². The van der Waals surface area contributed by atoms with E-state index in [1.165, 1.54) is 28.3 Å². The number of rotatable bonds is 6. The Hall–Kier alpha value is -3.75. The number of ether oxygens (including phenoxy) is 4. The summed E-state index contributed by atoms with van der Waals surface area (Å²) < 4.78 is 21.1. The molecule has 0 aromatic heterocycles. The van der Waals surface area contributed by atoms with Crippen molar-refractivity contribution >= 4 is 17.8 Å². The Morgan fingerprint density at radius 2 is 1.33 bits per heavy atom. The molecule has 1 aliphatic rings. The van der Waals surface area contributed by atoms with Crippen LogP contribution in [0.25, 0.3) is 0 Å². The number of carbonyl (C=O) groups excluding carboxylic acids is 3. The summed E-state index contributed by atoms with van der Waals surface area (Å²) in [6, 6.07) is 9.77. The number of nitrogens with zero attached hydrogens (tertiary/aromatic N) is 2. The maximum atomic E-state index is 13.2. The van der Waals surface area contributed by atoms with Crippen LogP contribution in [0, 0.1) is 0 Å². The van der Waals surface area contributed by atoms with Gasteiger partial charge in [0.15, 0.2) is 11.5 Å². The van der Waals surface area contributed by atoms with Crippen molar-refractivity contribution in [2.45, 2.75) is 13.3 Å². The first kappa shape index (κ1) is 23.9. The molecule has 0 spiro atoms. The molecule has 0 bridgehead atoms. The fraction of sp³-hybridized carbons (Fsp3) is 0.375. The second-order valence-electron chi connectivity index (χ2n) is 7.47. The minimum Gasteiger partial charge on any atom is -0.493 e. The van der Waals surface area contributed by atoms with Crippen molar-refractivity contribution in [1.82, 2.24) is 9.80 Å². The van der Waals surface area contributed by atoms with Gasteiger partial charge in [-0.15, -0.1) is 0 Å². The topological polar surface area (TPSA) is 94.6 Å². The molecule has 0 atom stereocenters. The van der Waals surface area contributed by atoms with Crippen LogP contribution in [0.4, 0.5) is 0 Å². The number of hydrogen-bond donors (Lipinski definition) is 0. The van der Waals surface area contributed by atoms with Crippen molar-refractivity contribution < 1.29 is 33.3 Å². The van der Waals surface area contributed by atoms with Crippen LogP contribution in [0.5, 0.6) is 23.0 Å². The average Bonchev–Trinajstić information content (AvgIpc) is 3.08. The molecule has 0 saturated carbocycles. The highest BCUT2D eigenvalue weighted by molar-refractivity contribution is 5.96. The SMILES string of the molecule is COc1cc(C(=O)N2CCCN(C(=O)c3cccc(OC(C)=O)c3)CC2)cc(OC)c1OC. The Kier molecular flexibility index (Phi) is 7.76. The third-order valence-corrected chi connectivity index (χ3v) is 5.32. The Morgan fingerprint density at radius 3 is 1.85 bits per heavy atom. The van der Waals surface area contributed by atoms with Crippen LogP contribution >= 0.6 is 0 Å². The Balaban J connectivity index is 1.73. The van der Waals surface area contributed by atoms with E-state index in [1.54, 1.807) is 46.2 Å². The standard InChI is InChI=1S/C24H28N2O7/c1-16(27)33-19-8-5-7-17(13-19)23(28)25-9-6-10-26(12-11-25)24(29)18-14-20(30-2)22(32-4)21(15-18)31-3/h5,7-8,13-15H,6,9-12H2,1-4H3. The molecule has 9 heteroatoms. The Bertz CT molecular complexity index is 1010. The largest absolute Gasteiger partial charge is 0.493 e. The summed E-state index contributed by atoms with van der Waals surface area (Å²) in [5.74, 6) is 0.739. The zero-order chi connectivity index (χ0) is 24.0. The first-order valence-corrected chi connectivity index (χ1v) is 10.5. The number of amides is 2. The molecule has 2 amide bonds. The fourth-order valence-electron chi connectivity index (χ4n) is 3.75. The number of methoxy groups -OCH3 is 3. The predicted octanol–water partition coefficient (Wildman–Crippen LogP) is 2.63. The smallest absolute Gasteiger partial charge is 0.308 e. The first-order chi connectivity index (χ1) is 15.9. The minimum absolute atomic E-state index is 0.175. The Labute approximate surface area is 192 Å². The van der Waals surface area contributed by atoms with Gasteiger partial charge in [-0.2, -0.15) is 0 Å². The van der Waals surface area contributed by atoms with Gasteiger partial charge in [0, 0.05) is 44.2 Å². The molecule has 0 radical (unpaired) electrons. The average molecular weight is 456 g/mol. The minimum atomic E-state index is -0.449. The van der Waals surface area contributed by atoms with E-state index in [0.29, 0.717) is 66.7 Å². The summed E-state index contributed by atoms with van der Waals surface area (Å²) in [6.07, 6.45) is 0.630. The molecule has 1 saturated heterocycles. The van der Waals surface area contributed by atoms with Gasteiger partial charge in [-0.1, -0.05) is 6.07 Å². The number of esters is 1. The molecule has 1 aliphatic heterocycles. The fourth-order valence-corrected chi connectivity index (χ4v) is 3.75. The van der Waals surface area contributed by atoms with E-state index >= 15 is 0 Å². The maximum absolute atomic E-state index is 13.2. The number of benzene rings is 2. The monoisotopic (exact) mass is 456 g/mol. The lowest BCUT2D eigenvalue weighted by Crippen LogP contribution is -2.37. The first-order valence-electron chi connectivity index (χ1n) is 10.5. The molecule has 3 rings (SSSR count). The zero-order valence-corrected chi connectivity index (χ0v) is 19.3. The van der Waals surface area contributed by atoms with E-state index in [9.17, 15) is 14.4 Å². The van der Waals surface area contributed by atoms with Crippen molar-refractivity contribution in [3.63, 3.8) is 0 Å². The molecule has 176 valence electrons. The lowest BCUT2D eigenvalue weighted by atomic mass is 10.1. The molecule has 1 heterocycles. The molecule has 0 aliphatic carbocycles. The lowest BCUT2D eigenvalue weighted by molar-refractivity contribution is -0.131. The van der Waals surface area contributed by atoms with E-state index in [-0.39, 0.29) is 11.8 Å². The van der Waals surface area contributed by atoms with E-state index in [2.05, 4.69) is 0 Å². The molecular formula is C24H28N2O7. The van der Waals surface area contributed by atoms with Crippen LogP contribution in [0.1, 0.15) is 34.1 Å². The Morgan fingerprint density at radius 1 is 0.758 bits per heavy atom. The van der Waals surface area contributed by atoms with Crippen LogP contribution in [0.15, 0.2) is 36.4 Å². The maximum Gasteiger partial charge on any atom is 0.308 e. The molecule has 1 fully saturated rings. The number of hydrogen-bond acceptors (Lipinski definition) is 7. The van der Waals surface area contributed by atoms with E-state index < -0.39 is 5.97 Å². The quantitative estimate of drug-likeness (QED) is 0.487.